The van der Waals surface area contributed by atoms with Crippen molar-refractivity contribution in [3.63, 3.8) is 0 Å². The maximum absolute atomic E-state index is 11.9. The molecule has 0 N–H and O–H groups in total. The van der Waals surface area contributed by atoms with Crippen LogP contribution in [0.15, 0.2) is 84.7 Å². The van der Waals surface area contributed by atoms with Gasteiger partial charge in [-0.2, -0.15) is 0 Å². The van der Waals surface area contributed by atoms with Crippen LogP contribution in [0.5, 0.6) is 11.5 Å². The van der Waals surface area contributed by atoms with Gasteiger partial charge in [0.05, 0.1) is 0 Å². The summed E-state index contributed by atoms with van der Waals surface area (Å²) < 4.78 is 27.2. The van der Waals surface area contributed by atoms with E-state index in [0.29, 0.717) is 40.4 Å². The highest BCUT2D eigenvalue weighted by atomic mass is 16.6. The molecule has 1 aliphatic carbocycles. The van der Waals surface area contributed by atoms with Crippen LogP contribution in [-0.2, 0) is 28.6 Å². The van der Waals surface area contributed by atoms with Crippen molar-refractivity contribution in [2.75, 3.05) is 26.4 Å². The van der Waals surface area contributed by atoms with Crippen LogP contribution in [0.4, 0.5) is 0 Å². The average molecular weight is 523 g/mol. The number of rotatable bonds is 13. The molecule has 0 heterocycles. The maximum Gasteiger partial charge on any atom is 0.338 e. The molecule has 0 unspecified atom stereocenters. The Bertz CT molecular complexity index is 1180. The van der Waals surface area contributed by atoms with E-state index in [9.17, 15) is 14.4 Å². The largest absolute Gasteiger partial charge is 0.486 e. The second kappa shape index (κ2) is 15.0. The second-order valence-corrected chi connectivity index (χ2v) is 8.54. The van der Waals surface area contributed by atoms with Crippen molar-refractivity contribution in [1.82, 2.24) is 0 Å². The number of carbonyl (C=O) groups is 3. The molecule has 0 atom stereocenters. The normalized spacial score (nSPS) is 14.0. The Morgan fingerprint density at radius 2 is 1.26 bits per heavy atom. The molecular formula is C30H34O8. The first-order valence-corrected chi connectivity index (χ1v) is 12.1. The number of hydrogen-bond acceptors (Lipinski definition) is 8. The molecule has 1 aliphatic rings. The van der Waals surface area contributed by atoms with E-state index < -0.39 is 17.9 Å². The number of hydrogen-bond donors (Lipinski definition) is 0. The van der Waals surface area contributed by atoms with E-state index in [4.69, 9.17) is 23.7 Å². The molecule has 202 valence electrons. The number of carbonyl (C=O) groups excluding carboxylic acids is 3. The van der Waals surface area contributed by atoms with Crippen LogP contribution in [0.25, 0.3) is 5.57 Å². The third-order valence-electron chi connectivity index (χ3n) is 4.98. The highest BCUT2D eigenvalue weighted by Gasteiger charge is 2.12. The summed E-state index contributed by atoms with van der Waals surface area (Å²) in [4.78, 5) is 35.1. The van der Waals surface area contributed by atoms with Crippen LogP contribution in [0, 0.1) is 0 Å². The quantitative estimate of drug-likeness (QED) is 0.147. The third kappa shape index (κ3) is 9.97. The van der Waals surface area contributed by atoms with Crippen molar-refractivity contribution >= 4 is 23.5 Å². The lowest BCUT2D eigenvalue weighted by atomic mass is 10.0. The number of ether oxygens (including phenoxy) is 5. The summed E-state index contributed by atoms with van der Waals surface area (Å²) in [5.74, 6) is -0.183. The average Bonchev–Trinajstić information content (AvgIpc) is 2.86. The molecule has 0 saturated carbocycles. The Hall–Kier alpha value is -4.33. The molecular weight excluding hydrogens is 488 g/mol. The summed E-state index contributed by atoms with van der Waals surface area (Å²) in [7, 11) is 0. The van der Waals surface area contributed by atoms with Crippen molar-refractivity contribution in [1.29, 1.82) is 0 Å². The van der Waals surface area contributed by atoms with Gasteiger partial charge in [-0.25, -0.2) is 14.4 Å². The van der Waals surface area contributed by atoms with Crippen LogP contribution in [0.3, 0.4) is 0 Å². The van der Waals surface area contributed by atoms with Gasteiger partial charge in [0.2, 0.25) is 0 Å². The summed E-state index contributed by atoms with van der Waals surface area (Å²) in [5, 5.41) is 0. The number of allylic oxidation sites excluding steroid dienone is 5. The van der Waals surface area contributed by atoms with Gasteiger partial charge in [0.15, 0.2) is 11.5 Å². The molecule has 0 bridgehead atoms. The van der Waals surface area contributed by atoms with E-state index in [0.717, 1.165) is 17.6 Å². The molecule has 0 spiro atoms. The summed E-state index contributed by atoms with van der Waals surface area (Å²) in [6.45, 7) is 15.7. The van der Waals surface area contributed by atoms with E-state index in [-0.39, 0.29) is 26.4 Å². The topological polar surface area (TPSA) is 97.4 Å². The first-order chi connectivity index (χ1) is 18.1. The second-order valence-electron chi connectivity index (χ2n) is 8.54. The third-order valence-corrected chi connectivity index (χ3v) is 4.98. The number of esters is 3. The summed E-state index contributed by atoms with van der Waals surface area (Å²) in [6.07, 6.45) is 8.91. The molecule has 8 heteroatoms. The van der Waals surface area contributed by atoms with Gasteiger partial charge in [0.1, 0.15) is 32.2 Å². The highest BCUT2D eigenvalue weighted by Crippen LogP contribution is 2.32. The summed E-state index contributed by atoms with van der Waals surface area (Å²) >= 11 is 0. The van der Waals surface area contributed by atoms with E-state index >= 15 is 0 Å². The minimum Gasteiger partial charge on any atom is -0.486 e. The first kappa shape index (κ1) is 29.9. The van der Waals surface area contributed by atoms with Crippen molar-refractivity contribution < 1.29 is 38.1 Å². The van der Waals surface area contributed by atoms with E-state index in [1.807, 2.05) is 18.2 Å². The zero-order valence-corrected chi connectivity index (χ0v) is 22.2. The van der Waals surface area contributed by atoms with Crippen LogP contribution in [0.1, 0.15) is 39.2 Å². The van der Waals surface area contributed by atoms with Crippen LogP contribution < -0.4 is 9.47 Å². The van der Waals surface area contributed by atoms with Crippen molar-refractivity contribution in [3.8, 4) is 11.5 Å². The van der Waals surface area contributed by atoms with Gasteiger partial charge >= 0.3 is 17.9 Å². The van der Waals surface area contributed by atoms with Gasteiger partial charge in [0.25, 0.3) is 0 Å². The maximum atomic E-state index is 11.9. The van der Waals surface area contributed by atoms with Crippen molar-refractivity contribution in [2.45, 2.75) is 33.6 Å². The van der Waals surface area contributed by atoms with Gasteiger partial charge in [-0.05, 0) is 69.0 Å². The predicted molar refractivity (Wildman–Crippen MR) is 144 cm³/mol. The molecule has 0 saturated heterocycles. The molecule has 0 aromatic heterocycles. The SMILES string of the molecule is C=C(C)C(=O)OCCOc1ccc(C2=CCC/C=C(\OC(=O)C(=C)C)C=C2)cc1OCCOC(=O)C(=C)C. The Morgan fingerprint density at radius 3 is 1.84 bits per heavy atom. The van der Waals surface area contributed by atoms with Gasteiger partial charge in [-0.1, -0.05) is 38.0 Å². The Morgan fingerprint density at radius 1 is 0.711 bits per heavy atom. The Labute approximate surface area is 223 Å². The molecule has 2 rings (SSSR count). The van der Waals surface area contributed by atoms with Crippen LogP contribution in [0.2, 0.25) is 0 Å². The molecule has 0 fully saturated rings. The molecule has 8 nitrogen and oxygen atoms in total. The smallest absolute Gasteiger partial charge is 0.338 e. The van der Waals surface area contributed by atoms with E-state index in [1.54, 1.807) is 39.0 Å². The lowest BCUT2D eigenvalue weighted by Crippen LogP contribution is -2.14. The fourth-order valence-corrected chi connectivity index (χ4v) is 2.99. The van der Waals surface area contributed by atoms with Crippen LogP contribution in [-0.4, -0.2) is 44.3 Å². The molecule has 0 amide bonds. The lowest BCUT2D eigenvalue weighted by Gasteiger charge is -2.16. The van der Waals surface area contributed by atoms with Crippen molar-refractivity contribution in [2.24, 2.45) is 0 Å². The fourth-order valence-electron chi connectivity index (χ4n) is 2.99. The zero-order valence-electron chi connectivity index (χ0n) is 22.2. The highest BCUT2D eigenvalue weighted by molar-refractivity contribution is 5.88. The number of benzene rings is 1. The Kier molecular flexibility index (Phi) is 11.8. The molecule has 1 aromatic rings. The standard InChI is InChI=1S/C30H34O8/c1-20(2)28(31)36-17-15-34-26-14-12-24(19-27(26)35-16-18-37-29(32)21(3)4)23-9-7-8-10-25(13-11-23)38-30(33)22(5)6/h9-14,19H,1,3,5,7-8,15-18H2,2,4,6H3/b13-11?,23-9?,25-10-. The van der Waals surface area contributed by atoms with E-state index in [2.05, 4.69) is 25.8 Å². The minimum atomic E-state index is -0.501. The monoisotopic (exact) mass is 522 g/mol. The molecule has 0 aliphatic heterocycles. The molecule has 0 radical (unpaired) electrons. The molecule has 38 heavy (non-hydrogen) atoms. The first-order valence-electron chi connectivity index (χ1n) is 12.1. The van der Waals surface area contributed by atoms with Gasteiger partial charge in [-0.15, -0.1) is 0 Å². The molecule has 1 aromatic carbocycles. The van der Waals surface area contributed by atoms with Crippen molar-refractivity contribution in [3.05, 3.63) is 90.3 Å². The fraction of sp³-hybridized carbons (Fsp3) is 0.300. The minimum absolute atomic E-state index is 0.0242. The summed E-state index contributed by atoms with van der Waals surface area (Å²) in [6, 6.07) is 5.41. The summed E-state index contributed by atoms with van der Waals surface area (Å²) in [5.41, 5.74) is 2.64. The van der Waals surface area contributed by atoms with Gasteiger partial charge in [0, 0.05) is 16.7 Å². The van der Waals surface area contributed by atoms with Crippen LogP contribution >= 0.6 is 0 Å². The predicted octanol–water partition coefficient (Wildman–Crippen LogP) is 5.42. The van der Waals surface area contributed by atoms with Gasteiger partial charge in [-0.3, -0.25) is 0 Å². The Balaban J connectivity index is 2.18. The lowest BCUT2D eigenvalue weighted by molar-refractivity contribution is -0.140. The van der Waals surface area contributed by atoms with Gasteiger partial charge < -0.3 is 23.7 Å². The van der Waals surface area contributed by atoms with E-state index in [1.165, 1.54) is 0 Å². The zero-order chi connectivity index (χ0) is 28.1.